The molecule has 1 aromatic heterocycles. The average Bonchev–Trinajstić information content (AvgIpc) is 3.68. The van der Waals surface area contributed by atoms with Crippen molar-refractivity contribution >= 4 is 32.9 Å². The Labute approximate surface area is 252 Å². The van der Waals surface area contributed by atoms with Gasteiger partial charge in [-0.05, 0) is 73.1 Å². The lowest BCUT2D eigenvalue weighted by molar-refractivity contribution is -0.126. The number of fused-ring (bicyclic) bond motifs is 4. The number of carbonyl (C=O) groups excluding carboxylic acids is 2. The van der Waals surface area contributed by atoms with Gasteiger partial charge in [-0.25, -0.2) is 4.72 Å². The lowest BCUT2D eigenvalue weighted by Gasteiger charge is -2.24. The molecule has 2 unspecified atom stereocenters. The van der Waals surface area contributed by atoms with Crippen LogP contribution in [0.4, 0.5) is 0 Å². The van der Waals surface area contributed by atoms with Crippen molar-refractivity contribution in [3.63, 3.8) is 0 Å². The van der Waals surface area contributed by atoms with Gasteiger partial charge in [0.1, 0.15) is 5.75 Å². The molecule has 43 heavy (non-hydrogen) atoms. The van der Waals surface area contributed by atoms with Gasteiger partial charge in [-0.2, -0.15) is 12.7 Å². The monoisotopic (exact) mass is 602 g/mol. The average molecular weight is 603 g/mol. The Hall–Kier alpha value is -3.63. The standard InChI is InChI=1S/C33H38N4O5S/c1-36-16-8-4-7-15-34-32(39)33-19-27(33)26-18-23(42-2)12-14-24(26)30-29(21-9-5-3-6-10-21)25-13-11-22(17-28(25)37(30)20-33)31(38)35-43(36,40)41/h4,8,11-14,17-18,21,27H,3,5-7,9-10,15-16,19-20H2,1-2H3,(H,34,39)(H,35,38)/b8-4+. The predicted molar refractivity (Wildman–Crippen MR) is 165 cm³/mol. The lowest BCUT2D eigenvalue weighted by Crippen LogP contribution is -2.41. The molecule has 9 nitrogen and oxygen atoms in total. The van der Waals surface area contributed by atoms with E-state index >= 15 is 0 Å². The molecule has 3 heterocycles. The number of nitrogens with one attached hydrogen (secondary N) is 2. The Morgan fingerprint density at radius 3 is 2.63 bits per heavy atom. The van der Waals surface area contributed by atoms with Crippen LogP contribution in [0.2, 0.25) is 0 Å². The first kappa shape index (κ1) is 28.2. The third-order valence-electron chi connectivity index (χ3n) is 9.99. The summed E-state index contributed by atoms with van der Waals surface area (Å²) in [7, 11) is -0.943. The summed E-state index contributed by atoms with van der Waals surface area (Å²) in [6, 6.07) is 11.7. The summed E-state index contributed by atoms with van der Waals surface area (Å²) < 4.78 is 37.2. The molecule has 226 valence electrons. The molecule has 2 amide bonds. The Morgan fingerprint density at radius 1 is 1.02 bits per heavy atom. The van der Waals surface area contributed by atoms with Gasteiger partial charge >= 0.3 is 10.2 Å². The predicted octanol–water partition coefficient (Wildman–Crippen LogP) is 4.83. The van der Waals surface area contributed by atoms with Gasteiger partial charge in [-0.3, -0.25) is 9.59 Å². The van der Waals surface area contributed by atoms with Gasteiger partial charge in [-0.15, -0.1) is 0 Å². The second-order valence-electron chi connectivity index (χ2n) is 12.5. The van der Waals surface area contributed by atoms with Gasteiger partial charge in [-0.1, -0.05) is 37.5 Å². The Morgan fingerprint density at radius 2 is 1.84 bits per heavy atom. The van der Waals surface area contributed by atoms with Crippen LogP contribution in [0.1, 0.15) is 78.3 Å². The third-order valence-corrected chi connectivity index (χ3v) is 11.4. The number of carbonyl (C=O) groups is 2. The molecule has 4 aliphatic rings. The van der Waals surface area contributed by atoms with E-state index < -0.39 is 21.5 Å². The summed E-state index contributed by atoms with van der Waals surface area (Å²) in [6.07, 6.45) is 10.6. The molecule has 2 aliphatic heterocycles. The summed E-state index contributed by atoms with van der Waals surface area (Å²) in [5.74, 6) is 0.543. The topological polar surface area (TPSA) is 110 Å². The van der Waals surface area contributed by atoms with Crippen molar-refractivity contribution in [1.29, 1.82) is 0 Å². The van der Waals surface area contributed by atoms with Gasteiger partial charge in [0, 0.05) is 54.6 Å². The number of hydrogen-bond donors (Lipinski definition) is 2. The highest BCUT2D eigenvalue weighted by Crippen LogP contribution is 2.65. The van der Waals surface area contributed by atoms with Crippen LogP contribution in [-0.4, -0.2) is 56.4 Å². The highest BCUT2D eigenvalue weighted by atomic mass is 32.2. The van der Waals surface area contributed by atoms with Crippen molar-refractivity contribution in [2.45, 2.75) is 63.3 Å². The first-order valence-corrected chi connectivity index (χ1v) is 16.7. The van der Waals surface area contributed by atoms with Crippen molar-refractivity contribution < 1.29 is 22.7 Å². The molecular weight excluding hydrogens is 564 g/mol. The first-order valence-electron chi connectivity index (χ1n) is 15.3. The Bertz CT molecular complexity index is 1770. The van der Waals surface area contributed by atoms with E-state index in [2.05, 4.69) is 26.7 Å². The van der Waals surface area contributed by atoms with Crippen LogP contribution in [0, 0.1) is 5.41 Å². The molecule has 2 saturated carbocycles. The minimum atomic E-state index is -4.04. The number of nitrogens with zero attached hydrogens (tertiary/aromatic N) is 2. The molecule has 2 fully saturated rings. The molecule has 2 N–H and O–H groups in total. The van der Waals surface area contributed by atoms with Gasteiger partial charge in [0.15, 0.2) is 0 Å². The number of likely N-dealkylation sites (N-methyl/N-ethyl adjacent to an activating group) is 1. The number of rotatable bonds is 2. The van der Waals surface area contributed by atoms with Crippen LogP contribution in [0.3, 0.4) is 0 Å². The zero-order valence-electron chi connectivity index (χ0n) is 24.7. The largest absolute Gasteiger partial charge is 0.497 e. The normalized spacial score (nSPS) is 26.6. The molecule has 2 atom stereocenters. The smallest absolute Gasteiger partial charge is 0.304 e. The van der Waals surface area contributed by atoms with Crippen LogP contribution in [-0.2, 0) is 21.5 Å². The molecule has 2 aromatic carbocycles. The van der Waals surface area contributed by atoms with Crippen LogP contribution >= 0.6 is 0 Å². The maximum atomic E-state index is 14.0. The molecule has 1 spiro atoms. The van der Waals surface area contributed by atoms with Gasteiger partial charge in [0.05, 0.1) is 18.2 Å². The van der Waals surface area contributed by atoms with Crippen LogP contribution in [0.25, 0.3) is 22.2 Å². The third kappa shape index (κ3) is 4.66. The summed E-state index contributed by atoms with van der Waals surface area (Å²) >= 11 is 0. The number of ether oxygens (including phenoxy) is 1. The fourth-order valence-corrected chi connectivity index (χ4v) is 8.37. The van der Waals surface area contributed by atoms with E-state index in [0.29, 0.717) is 25.4 Å². The van der Waals surface area contributed by atoms with Crippen molar-refractivity contribution in [1.82, 2.24) is 18.9 Å². The minimum Gasteiger partial charge on any atom is -0.497 e. The van der Waals surface area contributed by atoms with Crippen molar-refractivity contribution in [2.75, 3.05) is 27.2 Å². The summed E-state index contributed by atoms with van der Waals surface area (Å²) in [5.41, 5.74) is 5.14. The zero-order chi connectivity index (χ0) is 29.9. The van der Waals surface area contributed by atoms with Crippen molar-refractivity contribution in [2.24, 2.45) is 5.41 Å². The van der Waals surface area contributed by atoms with Crippen LogP contribution in [0.15, 0.2) is 48.6 Å². The Kier molecular flexibility index (Phi) is 6.89. The van der Waals surface area contributed by atoms with Gasteiger partial charge in [0.2, 0.25) is 5.91 Å². The molecule has 3 aromatic rings. The van der Waals surface area contributed by atoms with E-state index in [-0.39, 0.29) is 23.9 Å². The molecule has 0 saturated heterocycles. The number of hydrogen-bond acceptors (Lipinski definition) is 5. The Balaban J connectivity index is 1.48. The highest BCUT2D eigenvalue weighted by molar-refractivity contribution is 7.87. The second-order valence-corrected chi connectivity index (χ2v) is 14.3. The van der Waals surface area contributed by atoms with E-state index in [1.54, 1.807) is 19.3 Å². The second kappa shape index (κ2) is 10.5. The number of benzene rings is 2. The van der Waals surface area contributed by atoms with Crippen molar-refractivity contribution in [3.05, 3.63) is 65.2 Å². The maximum absolute atomic E-state index is 14.0. The van der Waals surface area contributed by atoms with Gasteiger partial charge in [0.25, 0.3) is 5.91 Å². The minimum absolute atomic E-state index is 0.0338. The fourth-order valence-electron chi connectivity index (χ4n) is 7.58. The maximum Gasteiger partial charge on any atom is 0.304 e. The van der Waals surface area contributed by atoms with Gasteiger partial charge < -0.3 is 14.6 Å². The molecule has 4 bridgehead atoms. The summed E-state index contributed by atoms with van der Waals surface area (Å²) in [6.45, 7) is 1.05. The highest BCUT2D eigenvalue weighted by Gasteiger charge is 2.62. The number of amides is 2. The van der Waals surface area contributed by atoms with E-state index in [1.807, 2.05) is 24.3 Å². The van der Waals surface area contributed by atoms with E-state index in [4.69, 9.17) is 4.74 Å². The first-order chi connectivity index (χ1) is 20.7. The van der Waals surface area contributed by atoms with Crippen LogP contribution < -0.4 is 14.8 Å². The lowest BCUT2D eigenvalue weighted by atomic mass is 9.81. The van der Waals surface area contributed by atoms with E-state index in [1.165, 1.54) is 31.9 Å². The quantitative estimate of drug-likeness (QED) is 0.409. The molecule has 2 aliphatic carbocycles. The summed E-state index contributed by atoms with van der Waals surface area (Å²) in [5, 5.41) is 4.25. The van der Waals surface area contributed by atoms with E-state index in [9.17, 15) is 18.0 Å². The zero-order valence-corrected chi connectivity index (χ0v) is 25.5. The fraction of sp³-hybridized carbons (Fsp3) is 0.455. The SMILES string of the molecule is COc1ccc2c(c1)C1CC13Cn1c-2c(C2CCCCC2)c2ccc(cc21)C(=O)NS(=O)(=O)N(C)C/C=C/CCNC3=O. The molecule has 7 rings (SSSR count). The summed E-state index contributed by atoms with van der Waals surface area (Å²) in [4.78, 5) is 27.4. The number of aromatic nitrogens is 1. The molecule has 10 heteroatoms. The van der Waals surface area contributed by atoms with Crippen molar-refractivity contribution in [3.8, 4) is 17.0 Å². The van der Waals surface area contributed by atoms with E-state index in [0.717, 1.165) is 57.0 Å². The van der Waals surface area contributed by atoms with Crippen LogP contribution in [0.5, 0.6) is 5.75 Å². The molecule has 0 radical (unpaired) electrons. The number of methoxy groups -OCH3 is 1. The molecular formula is C33H38N4O5S.